The molecule has 5 rings (SSSR count). The van der Waals surface area contributed by atoms with Gasteiger partial charge >= 0.3 is 5.69 Å². The van der Waals surface area contributed by atoms with Gasteiger partial charge in [0.25, 0.3) is 0 Å². The largest absolute Gasteiger partial charge is 0.341 e. The summed E-state index contributed by atoms with van der Waals surface area (Å²) in [6.07, 6.45) is 1.75. The van der Waals surface area contributed by atoms with E-state index in [-0.39, 0.29) is 30.5 Å². The lowest BCUT2D eigenvalue weighted by Crippen LogP contribution is -2.41. The van der Waals surface area contributed by atoms with Crippen LogP contribution in [0.15, 0.2) is 29.1 Å². The zero-order valence-electron chi connectivity index (χ0n) is 16.0. The van der Waals surface area contributed by atoms with Crippen LogP contribution in [0.3, 0.4) is 0 Å². The molecule has 0 aliphatic carbocycles. The summed E-state index contributed by atoms with van der Waals surface area (Å²) in [7, 11) is 0. The summed E-state index contributed by atoms with van der Waals surface area (Å²) in [5.41, 5.74) is 1.28. The van der Waals surface area contributed by atoms with Crippen LogP contribution in [0.2, 0.25) is 0 Å². The van der Waals surface area contributed by atoms with E-state index >= 15 is 0 Å². The summed E-state index contributed by atoms with van der Waals surface area (Å²) in [5, 5.41) is 12.0. The van der Waals surface area contributed by atoms with Crippen molar-refractivity contribution in [1.82, 2.24) is 34.5 Å². The van der Waals surface area contributed by atoms with E-state index in [0.29, 0.717) is 19.0 Å². The van der Waals surface area contributed by atoms with Crippen molar-refractivity contribution < 1.29 is 4.79 Å². The molecule has 3 aromatic rings. The molecule has 2 N–H and O–H groups in total. The number of amides is 1. The number of piperidine rings is 1. The van der Waals surface area contributed by atoms with Crippen molar-refractivity contribution in [1.29, 1.82) is 0 Å². The minimum absolute atomic E-state index is 0. The number of rotatable bonds is 3. The Morgan fingerprint density at radius 1 is 1.14 bits per heavy atom. The predicted molar refractivity (Wildman–Crippen MR) is 110 cm³/mol. The Kier molecular flexibility index (Phi) is 5.42. The molecule has 1 saturated heterocycles. The number of carbonyl (C=O) groups is 1. The van der Waals surface area contributed by atoms with Gasteiger partial charge in [0.2, 0.25) is 5.91 Å². The monoisotopic (exact) mass is 417 g/mol. The van der Waals surface area contributed by atoms with Gasteiger partial charge in [-0.2, -0.15) is 0 Å². The van der Waals surface area contributed by atoms with Crippen LogP contribution < -0.4 is 11.0 Å². The van der Waals surface area contributed by atoms with Crippen molar-refractivity contribution in [2.75, 3.05) is 19.6 Å². The second-order valence-corrected chi connectivity index (χ2v) is 7.49. The number of para-hydroxylation sites is 2. The molecule has 0 radical (unpaired) electrons. The maximum absolute atomic E-state index is 12.8. The Morgan fingerprint density at radius 3 is 2.76 bits per heavy atom. The van der Waals surface area contributed by atoms with Crippen molar-refractivity contribution in [3.63, 3.8) is 0 Å². The van der Waals surface area contributed by atoms with Gasteiger partial charge in [0.1, 0.15) is 18.2 Å². The molecule has 1 fully saturated rings. The molecule has 0 atom stereocenters. The number of fused-ring (bicyclic) bond motifs is 2. The summed E-state index contributed by atoms with van der Waals surface area (Å²) in [5.74, 6) is 2.37. The zero-order chi connectivity index (χ0) is 19.1. The maximum atomic E-state index is 12.8. The Labute approximate surface area is 173 Å². The molecule has 0 spiro atoms. The topological polar surface area (TPSA) is 101 Å². The van der Waals surface area contributed by atoms with E-state index in [1.54, 1.807) is 0 Å². The molecule has 1 aromatic carbocycles. The van der Waals surface area contributed by atoms with Gasteiger partial charge in [-0.15, -0.1) is 22.6 Å². The number of aromatic amines is 1. The quantitative estimate of drug-likeness (QED) is 0.658. The number of imidazole rings is 1. The Bertz CT molecular complexity index is 1080. The molecule has 2 aliphatic heterocycles. The van der Waals surface area contributed by atoms with Gasteiger partial charge in [-0.1, -0.05) is 12.1 Å². The van der Waals surface area contributed by atoms with Gasteiger partial charge in [0, 0.05) is 32.1 Å². The van der Waals surface area contributed by atoms with E-state index in [1.165, 1.54) is 4.57 Å². The van der Waals surface area contributed by atoms with Gasteiger partial charge in [-0.25, -0.2) is 4.79 Å². The van der Waals surface area contributed by atoms with E-state index in [1.807, 2.05) is 29.2 Å². The summed E-state index contributed by atoms with van der Waals surface area (Å²) < 4.78 is 3.75. The highest BCUT2D eigenvalue weighted by Gasteiger charge is 2.29. The molecule has 2 aliphatic rings. The molecular weight excluding hydrogens is 394 g/mol. The molecule has 29 heavy (non-hydrogen) atoms. The van der Waals surface area contributed by atoms with Crippen LogP contribution >= 0.6 is 12.4 Å². The third-order valence-corrected chi connectivity index (χ3v) is 5.84. The van der Waals surface area contributed by atoms with Crippen molar-refractivity contribution >= 4 is 29.3 Å². The SMILES string of the molecule is Cl.O=C(Cn1c(=O)[nH]c2ccccc21)N1CCC(c2nnc3n2CCNC3)CC1. The lowest BCUT2D eigenvalue weighted by atomic mass is 9.95. The third-order valence-electron chi connectivity index (χ3n) is 5.84. The fourth-order valence-corrected chi connectivity index (χ4v) is 4.30. The first-order chi connectivity index (χ1) is 13.7. The van der Waals surface area contributed by atoms with Gasteiger partial charge < -0.3 is 19.8 Å². The van der Waals surface area contributed by atoms with Crippen LogP contribution in [-0.2, 0) is 24.4 Å². The Balaban J connectivity index is 0.00000205. The second kappa shape index (κ2) is 8.00. The minimum atomic E-state index is -0.242. The lowest BCUT2D eigenvalue weighted by Gasteiger charge is -2.32. The van der Waals surface area contributed by atoms with Crippen LogP contribution in [0.5, 0.6) is 0 Å². The van der Waals surface area contributed by atoms with Gasteiger partial charge in [0.15, 0.2) is 0 Å². The summed E-state index contributed by atoms with van der Waals surface area (Å²) >= 11 is 0. The van der Waals surface area contributed by atoms with Gasteiger partial charge in [0.05, 0.1) is 17.6 Å². The number of carbonyl (C=O) groups excluding carboxylic acids is 1. The molecule has 2 aromatic heterocycles. The van der Waals surface area contributed by atoms with Crippen molar-refractivity contribution in [2.45, 2.75) is 38.4 Å². The van der Waals surface area contributed by atoms with Crippen LogP contribution in [0.4, 0.5) is 0 Å². The molecular formula is C19H24ClN7O2. The standard InChI is InChI=1S/C19H23N7O2.ClH/c27-17(12-26-15-4-2-1-3-14(15)21-19(26)28)24-8-5-13(6-9-24)18-23-22-16-11-20-7-10-25(16)18;/h1-4,13,20H,5-12H2,(H,21,28);1H. The van der Waals surface area contributed by atoms with Crippen LogP contribution in [-0.4, -0.2) is 54.8 Å². The Morgan fingerprint density at radius 2 is 1.93 bits per heavy atom. The molecule has 0 unspecified atom stereocenters. The lowest BCUT2D eigenvalue weighted by molar-refractivity contribution is -0.132. The summed E-state index contributed by atoms with van der Waals surface area (Å²) in [6.45, 7) is 4.04. The molecule has 0 bridgehead atoms. The van der Waals surface area contributed by atoms with Gasteiger partial charge in [-0.05, 0) is 25.0 Å². The smallest absolute Gasteiger partial charge is 0.326 e. The number of H-pyrrole nitrogens is 1. The normalized spacial score (nSPS) is 17.2. The number of likely N-dealkylation sites (tertiary alicyclic amines) is 1. The van der Waals surface area contributed by atoms with E-state index < -0.39 is 0 Å². The van der Waals surface area contributed by atoms with Crippen LogP contribution in [0.1, 0.15) is 30.4 Å². The fourth-order valence-electron chi connectivity index (χ4n) is 4.30. The Hall–Kier alpha value is -2.65. The summed E-state index contributed by atoms with van der Waals surface area (Å²) in [4.78, 5) is 29.7. The molecule has 9 nitrogen and oxygen atoms in total. The molecule has 1 amide bonds. The van der Waals surface area contributed by atoms with Crippen molar-refractivity contribution in [3.8, 4) is 0 Å². The highest BCUT2D eigenvalue weighted by molar-refractivity contribution is 5.85. The molecule has 154 valence electrons. The second-order valence-electron chi connectivity index (χ2n) is 7.49. The predicted octanol–water partition coefficient (Wildman–Crippen LogP) is 0.852. The average Bonchev–Trinajstić information content (AvgIpc) is 3.29. The first-order valence-electron chi connectivity index (χ1n) is 9.79. The number of halogens is 1. The van der Waals surface area contributed by atoms with Gasteiger partial charge in [-0.3, -0.25) is 9.36 Å². The minimum Gasteiger partial charge on any atom is -0.341 e. The van der Waals surface area contributed by atoms with Crippen LogP contribution in [0.25, 0.3) is 11.0 Å². The number of aromatic nitrogens is 5. The number of hydrogen-bond donors (Lipinski definition) is 2. The number of hydrogen-bond acceptors (Lipinski definition) is 5. The van der Waals surface area contributed by atoms with E-state index in [4.69, 9.17) is 0 Å². The van der Waals surface area contributed by atoms with E-state index in [0.717, 1.165) is 55.2 Å². The highest BCUT2D eigenvalue weighted by Crippen LogP contribution is 2.28. The average molecular weight is 418 g/mol. The maximum Gasteiger partial charge on any atom is 0.326 e. The molecule has 10 heteroatoms. The molecule has 4 heterocycles. The van der Waals surface area contributed by atoms with E-state index in [2.05, 4.69) is 25.1 Å². The van der Waals surface area contributed by atoms with Crippen molar-refractivity contribution in [3.05, 3.63) is 46.4 Å². The molecule has 0 saturated carbocycles. The first-order valence-corrected chi connectivity index (χ1v) is 9.79. The zero-order valence-corrected chi connectivity index (χ0v) is 16.8. The van der Waals surface area contributed by atoms with Crippen LogP contribution in [0, 0.1) is 0 Å². The fraction of sp³-hybridized carbons (Fsp3) is 0.474. The van der Waals surface area contributed by atoms with E-state index in [9.17, 15) is 9.59 Å². The summed E-state index contributed by atoms with van der Waals surface area (Å²) in [6, 6.07) is 7.44. The number of nitrogens with one attached hydrogen (secondary N) is 2. The number of nitrogens with zero attached hydrogens (tertiary/aromatic N) is 5. The first kappa shape index (κ1) is 19.7. The third kappa shape index (κ3) is 3.56. The highest BCUT2D eigenvalue weighted by atomic mass is 35.5. The van der Waals surface area contributed by atoms with Crippen molar-refractivity contribution in [2.24, 2.45) is 0 Å². The number of benzene rings is 1.